The van der Waals surface area contributed by atoms with E-state index in [1.165, 1.54) is 42.7 Å². The number of rotatable bonds is 44. The fraction of sp³-hybridized carbons (Fsp3) is 0.647. The number of ether oxygens (including phenoxy) is 1. The molecule has 0 spiro atoms. The van der Waals surface area contributed by atoms with Crippen LogP contribution in [0.15, 0.2) is 18.2 Å². The van der Waals surface area contributed by atoms with Gasteiger partial charge in [0.05, 0.1) is 13.2 Å². The Bertz CT molecular complexity index is 2260. The number of hydrogen-bond donors (Lipinski definition) is 1. The van der Waals surface area contributed by atoms with E-state index < -0.39 is 275 Å². The lowest BCUT2D eigenvalue weighted by Crippen LogP contribution is -3.00. The molecule has 0 amide bonds. The highest BCUT2D eigenvalue weighted by atomic mass is 16.5. The van der Waals surface area contributed by atoms with Crippen LogP contribution in [0.5, 0.6) is 0 Å². The standard InChI is InChI=1S/C17H25N3O.B88/c1-2-17(11-15-13-18-12-14(1)15)19-5-3-16(4-6-19)20-7-9-21-10-8-20;1-46(2)68(45)79(67(43)44)85(80(69(47(3)4)48(5)6)70(49(7)8)50(9)10)88(86(81(71(51(11)12)52(13)14)72(53(15)16)54(17)18)82(73(55(19)20)56(21)22)74(57(23)24)58(25)26)87(83(75(59(27)28)60(29)30)76(61(31)32)62(33)34)84(77(63(35)36)64(37)38)78(65(39)40)66(41)42/h1-2,11,16,18H,3-10,12-13H2;. The number of nitrogens with one attached hydrogen (secondary N) is 1. The summed E-state index contributed by atoms with van der Waals surface area (Å²) in [5, 5.41) is 3.43. The summed E-state index contributed by atoms with van der Waals surface area (Å²) in [6.45, 7) is 8.52. The molecule has 90 radical (unpaired) electrons. The first-order valence-electron chi connectivity index (χ1n) is 37.3. The van der Waals surface area contributed by atoms with Crippen LogP contribution in [-0.4, -0.2) is 673 Å². The summed E-state index contributed by atoms with van der Waals surface area (Å²) < 4.78 is 5.47. The third kappa shape index (κ3) is 29.1. The van der Waals surface area contributed by atoms with Gasteiger partial charge in [0.25, 0.3) is 0 Å². The minimum Gasteiger partial charge on any atom is -0.379 e. The van der Waals surface area contributed by atoms with Gasteiger partial charge in [-0.3, -0.25) is 4.90 Å². The van der Waals surface area contributed by atoms with E-state index in [1.54, 1.807) is 0 Å². The maximum Gasteiger partial charge on any atom is 0.0594 e. The van der Waals surface area contributed by atoms with Crippen LogP contribution in [0.25, 0.3) is 0 Å². The summed E-state index contributed by atoms with van der Waals surface area (Å²) in [7, 11) is 314. The lowest BCUT2D eigenvalue weighted by atomic mass is 8.19. The molecule has 2 saturated heterocycles. The van der Waals surface area contributed by atoms with E-state index in [1.807, 2.05) is 0 Å². The molecule has 0 aliphatic carbocycles. The topological polar surface area (TPSA) is 27.7 Å². The van der Waals surface area contributed by atoms with Crippen LogP contribution in [0.2, 0.25) is 0 Å². The van der Waals surface area contributed by atoms with Crippen LogP contribution in [0.3, 0.4) is 0 Å². The number of fused-ring (bicyclic) bond motifs is 1. The number of anilines is 1. The summed E-state index contributed by atoms with van der Waals surface area (Å²) in [5.41, 5.74) is 4.38. The van der Waals surface area contributed by atoms with Crippen molar-refractivity contribution in [3.63, 3.8) is 0 Å². The first-order chi connectivity index (χ1) is 50.4. The molecule has 92 heteroatoms. The molecule has 1 aromatic carbocycles. The molecule has 0 unspecified atom stereocenters. The minimum absolute atomic E-state index is 0.765. The SMILES string of the molecule is [B]B([B])B([B])B(B([B])[B])B(B(B(B([B])[B])B([B])[B])B(B([B])[B])B([B])[B])B(B(B(B(B([B])[B])B([B])[B])B(B([B])[B])B([B])[B])B(B(B([B])[B])B([B])[B])B(B([B])[B])B([B])[B])B(B(B(B([B])[B])B([B])[B])B(B([B])[B])B([B])[B])B(B(B([B])[B])B([B])[B])B(B([B])[B])B([B])[B].c1cc2c(cc1N1CCC(N3CCOCC3)CC1)CNC2. The van der Waals surface area contributed by atoms with Gasteiger partial charge in [-0.15, -0.1) is 0 Å². The Morgan fingerprint density at radius 2 is 0.440 bits per heavy atom. The minimum atomic E-state index is -2.10. The van der Waals surface area contributed by atoms with Gasteiger partial charge in [-0.1, -0.05) is 6.07 Å². The van der Waals surface area contributed by atoms with Gasteiger partial charge in [-0.05, 0) is 36.1 Å². The highest BCUT2D eigenvalue weighted by molar-refractivity contribution is 8.42. The molecular formula is C17H25B88N3O. The van der Waals surface area contributed by atoms with Gasteiger partial charge < -0.3 is 15.0 Å². The van der Waals surface area contributed by atoms with Gasteiger partial charge >= 0.3 is 0 Å². The van der Waals surface area contributed by atoms with Crippen LogP contribution < -0.4 is 10.2 Å². The molecule has 0 bridgehead atoms. The van der Waals surface area contributed by atoms with Crippen molar-refractivity contribution in [3.05, 3.63) is 29.3 Å². The quantitative estimate of drug-likeness (QED) is 0.0659. The second kappa shape index (κ2) is 50.5. The van der Waals surface area contributed by atoms with Crippen molar-refractivity contribution in [1.29, 1.82) is 0 Å². The number of morpholine rings is 1. The van der Waals surface area contributed by atoms with Crippen molar-refractivity contribution >= 4 is 628 Å². The molecule has 109 heavy (non-hydrogen) atoms. The third-order valence-corrected chi connectivity index (χ3v) is 23.9. The van der Waals surface area contributed by atoms with Crippen LogP contribution >= 0.6 is 0 Å². The first kappa shape index (κ1) is 108. The highest BCUT2D eigenvalue weighted by Gasteiger charge is 2.67. The molecule has 2 fully saturated rings. The lowest BCUT2D eigenvalue weighted by molar-refractivity contribution is 0.0115. The Labute approximate surface area is 741 Å². The fourth-order valence-corrected chi connectivity index (χ4v) is 19.6. The molecule has 0 saturated carbocycles. The summed E-state index contributed by atoms with van der Waals surface area (Å²) in [6.07, 6.45) is -73.7. The van der Waals surface area contributed by atoms with Crippen molar-refractivity contribution in [2.24, 2.45) is 0 Å². The normalized spacial score (nSPS) is 12.6. The largest absolute Gasteiger partial charge is 0.379 e. The molecule has 0 atom stereocenters. The molecule has 3 aliphatic heterocycles. The fourth-order valence-electron chi connectivity index (χ4n) is 19.6. The van der Waals surface area contributed by atoms with Crippen molar-refractivity contribution in [2.45, 2.75) is 32.0 Å². The van der Waals surface area contributed by atoms with Gasteiger partial charge in [0, 0.05) is 674 Å². The van der Waals surface area contributed by atoms with Crippen LogP contribution in [-0.2, 0) is 17.8 Å². The third-order valence-electron chi connectivity index (χ3n) is 23.9. The van der Waals surface area contributed by atoms with Crippen LogP contribution in [0.4, 0.5) is 5.69 Å². The Kier molecular flexibility index (Phi) is 50.0. The van der Waals surface area contributed by atoms with Crippen molar-refractivity contribution in [1.82, 2.24) is 10.2 Å². The number of nitrogens with zero attached hydrogens (tertiary/aromatic N) is 2. The Balaban J connectivity index is 0.00000123. The molecule has 1 N–H and O–H groups in total. The van der Waals surface area contributed by atoms with Gasteiger partial charge in [0.1, 0.15) is 0 Å². The van der Waals surface area contributed by atoms with Gasteiger partial charge in [0.2, 0.25) is 0 Å². The number of piperidine rings is 1. The van der Waals surface area contributed by atoms with Gasteiger partial charge in [0.15, 0.2) is 0 Å². The monoisotopic (exact) mass is 1260 g/mol. The lowest BCUT2D eigenvalue weighted by Gasteiger charge is -2.62. The molecule has 4 nitrogen and oxygen atoms in total. The molecule has 3 aliphatic rings. The van der Waals surface area contributed by atoms with Gasteiger partial charge in [-0.25, -0.2) is 0 Å². The predicted molar refractivity (Wildman–Crippen MR) is 591 cm³/mol. The first-order valence-corrected chi connectivity index (χ1v) is 37.3. The molecule has 378 valence electrons. The Morgan fingerprint density at radius 3 is 0.651 bits per heavy atom. The number of hydrogen-bond acceptors (Lipinski definition) is 4. The van der Waals surface area contributed by atoms with Crippen molar-refractivity contribution in [2.75, 3.05) is 44.3 Å². The predicted octanol–water partition coefficient (Wildman–Crippen LogP) is -31.9. The second-order valence-corrected chi connectivity index (χ2v) is 31.2. The van der Waals surface area contributed by atoms with E-state index in [0.717, 1.165) is 45.4 Å². The second-order valence-electron chi connectivity index (χ2n) is 31.2. The molecule has 0 aromatic heterocycles. The summed E-state index contributed by atoms with van der Waals surface area (Å²) in [4.78, 5) is 5.20. The highest BCUT2D eigenvalue weighted by Crippen LogP contribution is 2.31. The van der Waals surface area contributed by atoms with E-state index in [9.17, 15) is 0 Å². The summed E-state index contributed by atoms with van der Waals surface area (Å²) >= 11 is 0. The molecule has 4 rings (SSSR count). The average molecular weight is 1240 g/mol. The van der Waals surface area contributed by atoms with Crippen molar-refractivity contribution < 1.29 is 4.74 Å². The van der Waals surface area contributed by atoms with E-state index in [2.05, 4.69) is 33.3 Å². The van der Waals surface area contributed by atoms with Crippen LogP contribution in [0, 0.1) is 0 Å². The zero-order valence-corrected chi connectivity index (χ0v) is 63.5. The maximum absolute atomic E-state index is 7.40. The molecular weight excluding hydrogens is 1210 g/mol. The maximum atomic E-state index is 7.40. The summed E-state index contributed by atoms with van der Waals surface area (Å²) in [6, 6.07) is 7.77. The van der Waals surface area contributed by atoms with E-state index >= 15 is 0 Å². The van der Waals surface area contributed by atoms with Gasteiger partial charge in [-0.2, -0.15) is 0 Å². The Morgan fingerprint density at radius 1 is 0.239 bits per heavy atom. The van der Waals surface area contributed by atoms with E-state index in [0.29, 0.717) is 0 Å². The molecule has 3 heterocycles. The zero-order chi connectivity index (χ0) is 83.9. The number of benzene rings is 1. The zero-order valence-electron chi connectivity index (χ0n) is 63.5. The summed E-state index contributed by atoms with van der Waals surface area (Å²) in [5.74, 6) is 0. The average Bonchev–Trinajstić information content (AvgIpc) is 0.983. The van der Waals surface area contributed by atoms with Crippen LogP contribution in [0.1, 0.15) is 24.0 Å². The van der Waals surface area contributed by atoms with Crippen molar-refractivity contribution in [3.8, 4) is 0 Å². The van der Waals surface area contributed by atoms with E-state index in [4.69, 9.17) is 353 Å². The molecule has 1 aromatic rings. The Hall–Kier alpha value is 4.61. The van der Waals surface area contributed by atoms with E-state index in [-0.39, 0.29) is 0 Å². The smallest absolute Gasteiger partial charge is 0.0594 e.